The second kappa shape index (κ2) is 8.89. The molecule has 0 radical (unpaired) electrons. The van der Waals surface area contributed by atoms with Crippen LogP contribution in [0.4, 0.5) is 11.4 Å². The molecule has 27 heavy (non-hydrogen) atoms. The minimum atomic E-state index is -0.672. The highest BCUT2D eigenvalue weighted by molar-refractivity contribution is 5.86. The summed E-state index contributed by atoms with van der Waals surface area (Å²) in [5, 5.41) is 25.4. The molecule has 0 aliphatic heterocycles. The number of hydrogen-bond donors (Lipinski definition) is 1. The number of non-ortho nitro benzene ring substituents is 1. The smallest absolute Gasteiger partial charge is 0.310 e. The summed E-state index contributed by atoms with van der Waals surface area (Å²) in [5.74, 6) is -0.398. The Morgan fingerprint density at radius 1 is 1.15 bits per heavy atom. The molecule has 0 fully saturated rings. The van der Waals surface area contributed by atoms with E-state index in [2.05, 4.69) is 10.5 Å². The van der Waals surface area contributed by atoms with Crippen molar-refractivity contribution >= 4 is 23.5 Å². The lowest BCUT2D eigenvalue weighted by Gasteiger charge is -2.06. The topological polar surface area (TPSA) is 146 Å². The van der Waals surface area contributed by atoms with Crippen molar-refractivity contribution < 1.29 is 24.1 Å². The third-order valence-electron chi connectivity index (χ3n) is 3.24. The largest absolute Gasteiger partial charge is 0.496 e. The fraction of sp³-hybridized carbons (Fsp3) is 0.125. The minimum absolute atomic E-state index is 0.0537. The van der Waals surface area contributed by atoms with Gasteiger partial charge in [-0.25, -0.2) is 5.43 Å². The first-order chi connectivity index (χ1) is 12.9. The van der Waals surface area contributed by atoms with Crippen molar-refractivity contribution in [3.05, 3.63) is 68.3 Å². The number of benzene rings is 2. The van der Waals surface area contributed by atoms with Crippen molar-refractivity contribution in [2.45, 2.75) is 0 Å². The first kappa shape index (κ1) is 19.3. The molecule has 11 heteroatoms. The summed E-state index contributed by atoms with van der Waals surface area (Å²) in [4.78, 5) is 32.2. The Hall–Kier alpha value is -4.02. The highest BCUT2D eigenvalue weighted by atomic mass is 16.6. The summed E-state index contributed by atoms with van der Waals surface area (Å²) in [6, 6.07) is 9.53. The van der Waals surface area contributed by atoms with Crippen LogP contribution in [0.2, 0.25) is 0 Å². The molecule has 0 saturated heterocycles. The number of carbonyl (C=O) groups excluding carboxylic acids is 1. The van der Waals surface area contributed by atoms with Crippen LogP contribution in [0.15, 0.2) is 47.6 Å². The molecule has 0 saturated carbocycles. The van der Waals surface area contributed by atoms with E-state index < -0.39 is 22.4 Å². The summed E-state index contributed by atoms with van der Waals surface area (Å²) in [7, 11) is 1.39. The van der Waals surface area contributed by atoms with E-state index in [1.807, 2.05) is 0 Å². The van der Waals surface area contributed by atoms with E-state index in [1.165, 1.54) is 55.8 Å². The molecule has 0 atom stereocenters. The van der Waals surface area contributed by atoms with E-state index >= 15 is 0 Å². The maximum Gasteiger partial charge on any atom is 0.310 e. The third-order valence-corrected chi connectivity index (χ3v) is 3.24. The van der Waals surface area contributed by atoms with Crippen LogP contribution in [-0.4, -0.2) is 35.7 Å². The van der Waals surface area contributed by atoms with Crippen LogP contribution in [0.1, 0.15) is 5.56 Å². The van der Waals surface area contributed by atoms with Crippen molar-refractivity contribution in [2.75, 3.05) is 13.7 Å². The van der Waals surface area contributed by atoms with Crippen LogP contribution in [0.25, 0.3) is 0 Å². The molecule has 2 rings (SSSR count). The third kappa shape index (κ3) is 5.22. The number of methoxy groups -OCH3 is 1. The van der Waals surface area contributed by atoms with Gasteiger partial charge >= 0.3 is 5.69 Å². The maximum absolute atomic E-state index is 11.8. The Morgan fingerprint density at radius 3 is 2.56 bits per heavy atom. The van der Waals surface area contributed by atoms with Gasteiger partial charge in [-0.15, -0.1) is 0 Å². The van der Waals surface area contributed by atoms with Gasteiger partial charge in [0.1, 0.15) is 5.75 Å². The number of carbonyl (C=O) groups is 1. The molecule has 1 amide bonds. The number of rotatable bonds is 8. The Morgan fingerprint density at radius 2 is 1.89 bits per heavy atom. The average molecular weight is 374 g/mol. The molecule has 11 nitrogen and oxygen atoms in total. The number of amides is 1. The highest BCUT2D eigenvalue weighted by Gasteiger charge is 2.15. The molecule has 0 bridgehead atoms. The Labute approximate surface area is 152 Å². The fourth-order valence-corrected chi connectivity index (χ4v) is 2.02. The van der Waals surface area contributed by atoms with Gasteiger partial charge in [-0.2, -0.15) is 5.10 Å². The predicted molar refractivity (Wildman–Crippen MR) is 94.0 cm³/mol. The van der Waals surface area contributed by atoms with Gasteiger partial charge in [0.2, 0.25) is 0 Å². The number of ether oxygens (including phenoxy) is 2. The van der Waals surface area contributed by atoms with Crippen LogP contribution in [-0.2, 0) is 4.79 Å². The molecule has 0 spiro atoms. The zero-order valence-corrected chi connectivity index (χ0v) is 14.0. The normalized spacial score (nSPS) is 10.4. The van der Waals surface area contributed by atoms with Crippen molar-refractivity contribution in [2.24, 2.45) is 5.10 Å². The minimum Gasteiger partial charge on any atom is -0.496 e. The molecule has 0 unspecified atom stereocenters. The van der Waals surface area contributed by atoms with Gasteiger partial charge in [-0.05, 0) is 12.1 Å². The van der Waals surface area contributed by atoms with Gasteiger partial charge in [-0.1, -0.05) is 12.1 Å². The van der Waals surface area contributed by atoms with Gasteiger partial charge in [0.05, 0.1) is 23.2 Å². The second-order valence-electron chi connectivity index (χ2n) is 4.99. The van der Waals surface area contributed by atoms with Crippen molar-refractivity contribution in [1.29, 1.82) is 0 Å². The number of nitro benzene ring substituents is 2. The van der Waals surface area contributed by atoms with Crippen LogP contribution < -0.4 is 14.9 Å². The zero-order chi connectivity index (χ0) is 19.8. The number of hydrazone groups is 1. The molecule has 2 aromatic carbocycles. The molecular weight excluding hydrogens is 360 g/mol. The van der Waals surface area contributed by atoms with Crippen molar-refractivity contribution in [1.82, 2.24) is 5.43 Å². The highest BCUT2D eigenvalue weighted by Crippen LogP contribution is 2.25. The van der Waals surface area contributed by atoms with E-state index in [-0.39, 0.29) is 22.7 Å². The van der Waals surface area contributed by atoms with E-state index in [4.69, 9.17) is 9.47 Å². The number of nitrogens with one attached hydrogen (secondary N) is 1. The predicted octanol–water partition coefficient (Wildman–Crippen LogP) is 2.04. The average Bonchev–Trinajstić information content (AvgIpc) is 2.66. The van der Waals surface area contributed by atoms with Crippen LogP contribution in [0.3, 0.4) is 0 Å². The molecule has 2 aromatic rings. The van der Waals surface area contributed by atoms with Crippen molar-refractivity contribution in [3.8, 4) is 11.5 Å². The van der Waals surface area contributed by atoms with Crippen LogP contribution in [0, 0.1) is 20.2 Å². The van der Waals surface area contributed by atoms with Crippen molar-refractivity contribution in [3.63, 3.8) is 0 Å². The van der Waals surface area contributed by atoms with Gasteiger partial charge in [-0.3, -0.25) is 25.0 Å². The number of hydrogen-bond acceptors (Lipinski definition) is 8. The zero-order valence-electron chi connectivity index (χ0n) is 14.0. The summed E-state index contributed by atoms with van der Waals surface area (Å²) < 4.78 is 10.2. The molecular formula is C16H14N4O7. The molecule has 140 valence electrons. The lowest BCUT2D eigenvalue weighted by molar-refractivity contribution is -0.385. The second-order valence-corrected chi connectivity index (χ2v) is 4.99. The molecule has 0 aliphatic carbocycles. The first-order valence-electron chi connectivity index (χ1n) is 7.43. The Bertz CT molecular complexity index is 898. The lowest BCUT2D eigenvalue weighted by atomic mass is 10.2. The van der Waals surface area contributed by atoms with Crippen LogP contribution >= 0.6 is 0 Å². The lowest BCUT2D eigenvalue weighted by Crippen LogP contribution is -2.24. The Balaban J connectivity index is 1.99. The van der Waals surface area contributed by atoms with Gasteiger partial charge in [0.15, 0.2) is 12.4 Å². The maximum atomic E-state index is 11.8. The molecule has 0 aromatic heterocycles. The first-order valence-corrected chi connectivity index (χ1v) is 7.43. The van der Waals surface area contributed by atoms with E-state index in [0.717, 1.165) is 0 Å². The molecule has 0 aliphatic rings. The summed E-state index contributed by atoms with van der Waals surface area (Å²) in [5.41, 5.74) is 2.01. The summed E-state index contributed by atoms with van der Waals surface area (Å²) in [6.07, 6.45) is 1.18. The van der Waals surface area contributed by atoms with E-state index in [1.54, 1.807) is 0 Å². The monoisotopic (exact) mass is 374 g/mol. The quantitative estimate of drug-likeness (QED) is 0.422. The number of nitrogens with zero attached hydrogens (tertiary/aromatic N) is 3. The molecule has 0 heterocycles. The van der Waals surface area contributed by atoms with Gasteiger partial charge < -0.3 is 9.47 Å². The summed E-state index contributed by atoms with van der Waals surface area (Å²) >= 11 is 0. The van der Waals surface area contributed by atoms with Crippen LogP contribution in [0.5, 0.6) is 11.5 Å². The summed E-state index contributed by atoms with van der Waals surface area (Å²) in [6.45, 7) is -0.506. The fourth-order valence-electron chi connectivity index (χ4n) is 2.02. The van der Waals surface area contributed by atoms with E-state index in [9.17, 15) is 25.0 Å². The SMILES string of the molecule is COc1ccc([N+](=O)[O-])cc1C=NNC(=O)COc1ccccc1[N+](=O)[O-]. The molecule has 1 N–H and O–H groups in total. The number of para-hydroxylation sites is 2. The standard InChI is InChI=1S/C16H14N4O7/c1-26-14-7-6-12(19(22)23)8-11(14)9-17-18-16(21)10-27-15-5-3-2-4-13(15)20(24)25/h2-9H,10H2,1H3,(H,18,21). The number of nitro groups is 2. The van der Waals surface area contributed by atoms with Gasteiger partial charge in [0, 0.05) is 23.8 Å². The Kier molecular flexibility index (Phi) is 6.36. The van der Waals surface area contributed by atoms with E-state index in [0.29, 0.717) is 5.75 Å². The van der Waals surface area contributed by atoms with Gasteiger partial charge in [0.25, 0.3) is 11.6 Å².